The van der Waals surface area contributed by atoms with Gasteiger partial charge in [0.25, 0.3) is 5.91 Å². The van der Waals surface area contributed by atoms with Crippen molar-refractivity contribution in [1.82, 2.24) is 9.88 Å². The standard InChI is InChI=1S/C14H11ClN2O3S/c15-12-9-4-2-1-3-8(9)10(5-16-12)13(18)17-7-21-6-11(17)14(19)20/h1-5,11H,6-7H2,(H,19,20)/t11-/m0/s1. The number of halogens is 1. The second-order valence-electron chi connectivity index (χ2n) is 4.64. The molecule has 108 valence electrons. The molecule has 1 aromatic heterocycles. The number of hydrogen-bond donors (Lipinski definition) is 1. The molecule has 0 aliphatic carbocycles. The quantitative estimate of drug-likeness (QED) is 0.860. The molecule has 1 atom stereocenters. The fourth-order valence-electron chi connectivity index (χ4n) is 2.33. The van der Waals surface area contributed by atoms with Gasteiger partial charge in [-0.25, -0.2) is 9.78 Å². The van der Waals surface area contributed by atoms with Crippen LogP contribution in [-0.2, 0) is 4.79 Å². The van der Waals surface area contributed by atoms with E-state index in [9.17, 15) is 14.7 Å². The lowest BCUT2D eigenvalue weighted by Gasteiger charge is -2.21. The first-order valence-corrected chi connectivity index (χ1v) is 7.77. The van der Waals surface area contributed by atoms with Crippen LogP contribution in [0, 0.1) is 0 Å². The van der Waals surface area contributed by atoms with E-state index in [1.165, 1.54) is 22.9 Å². The van der Waals surface area contributed by atoms with Crippen molar-refractivity contribution in [1.29, 1.82) is 0 Å². The fraction of sp³-hybridized carbons (Fsp3) is 0.214. The average Bonchev–Trinajstić information content (AvgIpc) is 2.97. The summed E-state index contributed by atoms with van der Waals surface area (Å²) < 4.78 is 0. The van der Waals surface area contributed by atoms with Crippen LogP contribution in [-0.4, -0.2) is 44.5 Å². The number of carbonyl (C=O) groups excluding carboxylic acids is 1. The van der Waals surface area contributed by atoms with Crippen LogP contribution >= 0.6 is 23.4 Å². The van der Waals surface area contributed by atoms with E-state index in [1.54, 1.807) is 12.1 Å². The maximum Gasteiger partial charge on any atom is 0.327 e. The number of carboxylic acids is 1. The number of aromatic nitrogens is 1. The Bertz CT molecular complexity index is 737. The number of pyridine rings is 1. The first-order chi connectivity index (χ1) is 10.1. The Morgan fingerprint density at radius 1 is 1.33 bits per heavy atom. The molecule has 3 rings (SSSR count). The van der Waals surface area contributed by atoms with Gasteiger partial charge in [0.1, 0.15) is 11.2 Å². The zero-order valence-electron chi connectivity index (χ0n) is 10.8. The average molecular weight is 323 g/mol. The van der Waals surface area contributed by atoms with Gasteiger partial charge in [0.15, 0.2) is 0 Å². The number of rotatable bonds is 2. The molecule has 1 saturated heterocycles. The lowest BCUT2D eigenvalue weighted by Crippen LogP contribution is -2.41. The van der Waals surface area contributed by atoms with E-state index < -0.39 is 12.0 Å². The molecule has 0 radical (unpaired) electrons. The minimum Gasteiger partial charge on any atom is -0.480 e. The largest absolute Gasteiger partial charge is 0.480 e. The molecule has 1 N–H and O–H groups in total. The van der Waals surface area contributed by atoms with Gasteiger partial charge in [-0.05, 0) is 5.39 Å². The molecule has 5 nitrogen and oxygen atoms in total. The van der Waals surface area contributed by atoms with E-state index in [1.807, 2.05) is 12.1 Å². The molecule has 1 fully saturated rings. The molecule has 0 unspecified atom stereocenters. The maximum atomic E-state index is 12.7. The lowest BCUT2D eigenvalue weighted by molar-refractivity contribution is -0.140. The van der Waals surface area contributed by atoms with E-state index in [2.05, 4.69) is 4.98 Å². The van der Waals surface area contributed by atoms with E-state index in [4.69, 9.17) is 11.6 Å². The number of fused-ring (bicyclic) bond motifs is 1. The van der Waals surface area contributed by atoms with Gasteiger partial charge in [-0.3, -0.25) is 4.79 Å². The third-order valence-electron chi connectivity index (χ3n) is 3.41. The number of carboxylic acid groups (broad SMARTS) is 1. The fourth-order valence-corrected chi connectivity index (χ4v) is 3.69. The summed E-state index contributed by atoms with van der Waals surface area (Å²) in [5.41, 5.74) is 0.378. The monoisotopic (exact) mass is 322 g/mol. The van der Waals surface area contributed by atoms with Crippen molar-refractivity contribution in [2.45, 2.75) is 6.04 Å². The highest BCUT2D eigenvalue weighted by atomic mass is 35.5. The SMILES string of the molecule is O=C(O)[C@@H]1CSCN1C(=O)c1cnc(Cl)c2ccccc12. The summed E-state index contributed by atoms with van der Waals surface area (Å²) in [6, 6.07) is 6.40. The van der Waals surface area contributed by atoms with Crippen LogP contribution in [0.2, 0.25) is 5.15 Å². The molecular formula is C14H11ClN2O3S. The lowest BCUT2D eigenvalue weighted by atomic mass is 10.1. The number of nitrogens with zero attached hydrogens (tertiary/aromatic N) is 2. The molecule has 1 amide bonds. The Balaban J connectivity index is 2.06. The van der Waals surface area contributed by atoms with Crippen LogP contribution in [0.15, 0.2) is 30.5 Å². The molecule has 0 saturated carbocycles. The predicted octanol–water partition coefficient (Wildman–Crippen LogP) is 2.49. The van der Waals surface area contributed by atoms with Gasteiger partial charge in [-0.2, -0.15) is 0 Å². The second kappa shape index (κ2) is 5.54. The van der Waals surface area contributed by atoms with E-state index in [0.29, 0.717) is 33.1 Å². The van der Waals surface area contributed by atoms with Crippen molar-refractivity contribution in [3.8, 4) is 0 Å². The molecule has 0 spiro atoms. The Morgan fingerprint density at radius 3 is 2.76 bits per heavy atom. The van der Waals surface area contributed by atoms with Crippen molar-refractivity contribution < 1.29 is 14.7 Å². The second-order valence-corrected chi connectivity index (χ2v) is 5.99. The highest BCUT2D eigenvalue weighted by molar-refractivity contribution is 7.99. The zero-order valence-corrected chi connectivity index (χ0v) is 12.4. The van der Waals surface area contributed by atoms with Crippen molar-refractivity contribution in [3.05, 3.63) is 41.2 Å². The van der Waals surface area contributed by atoms with Crippen LogP contribution in [0.4, 0.5) is 0 Å². The van der Waals surface area contributed by atoms with E-state index >= 15 is 0 Å². The van der Waals surface area contributed by atoms with Gasteiger partial charge in [-0.1, -0.05) is 35.9 Å². The van der Waals surface area contributed by atoms with E-state index in [-0.39, 0.29) is 5.91 Å². The molecule has 7 heteroatoms. The minimum atomic E-state index is -0.987. The van der Waals surface area contributed by atoms with Crippen LogP contribution in [0.25, 0.3) is 10.8 Å². The van der Waals surface area contributed by atoms with Gasteiger partial charge in [0.2, 0.25) is 0 Å². The van der Waals surface area contributed by atoms with Crippen LogP contribution < -0.4 is 0 Å². The number of thioether (sulfide) groups is 1. The zero-order chi connectivity index (χ0) is 15.0. The van der Waals surface area contributed by atoms with Crippen LogP contribution in [0.3, 0.4) is 0 Å². The molecule has 2 aromatic rings. The summed E-state index contributed by atoms with van der Waals surface area (Å²) in [7, 11) is 0. The Kier molecular flexibility index (Phi) is 3.73. The minimum absolute atomic E-state index is 0.326. The van der Waals surface area contributed by atoms with Gasteiger partial charge in [0, 0.05) is 17.3 Å². The number of amides is 1. The smallest absolute Gasteiger partial charge is 0.327 e. The highest BCUT2D eigenvalue weighted by Crippen LogP contribution is 2.28. The maximum absolute atomic E-state index is 12.7. The van der Waals surface area contributed by atoms with Crippen molar-refractivity contribution >= 4 is 46.0 Å². The van der Waals surface area contributed by atoms with Crippen molar-refractivity contribution in [2.75, 3.05) is 11.6 Å². The molecule has 1 aromatic carbocycles. The summed E-state index contributed by atoms with van der Waals surface area (Å²) in [6.45, 7) is 0. The summed E-state index contributed by atoms with van der Waals surface area (Å²) in [5.74, 6) is -0.542. The normalized spacial score (nSPS) is 18.1. The van der Waals surface area contributed by atoms with Gasteiger partial charge >= 0.3 is 5.97 Å². The van der Waals surface area contributed by atoms with Crippen molar-refractivity contribution in [3.63, 3.8) is 0 Å². The molecule has 0 bridgehead atoms. The number of aliphatic carboxylic acids is 1. The predicted molar refractivity (Wildman–Crippen MR) is 81.7 cm³/mol. The highest BCUT2D eigenvalue weighted by Gasteiger charge is 2.35. The van der Waals surface area contributed by atoms with Gasteiger partial charge in [-0.15, -0.1) is 11.8 Å². The third-order valence-corrected chi connectivity index (χ3v) is 4.72. The molecule has 1 aliphatic heterocycles. The Hall–Kier alpha value is -1.79. The first-order valence-electron chi connectivity index (χ1n) is 6.24. The Labute approximate surface area is 129 Å². The summed E-state index contributed by atoms with van der Waals surface area (Å²) >= 11 is 7.47. The van der Waals surface area contributed by atoms with Gasteiger partial charge < -0.3 is 10.0 Å². The topological polar surface area (TPSA) is 70.5 Å². The molecule has 21 heavy (non-hydrogen) atoms. The molecule has 1 aliphatic rings. The van der Waals surface area contributed by atoms with Crippen LogP contribution in [0.5, 0.6) is 0 Å². The first kappa shape index (κ1) is 14.2. The summed E-state index contributed by atoms with van der Waals surface area (Å²) in [5, 5.41) is 10.9. The molecular weight excluding hydrogens is 312 g/mol. The molecule has 2 heterocycles. The van der Waals surface area contributed by atoms with Crippen molar-refractivity contribution in [2.24, 2.45) is 0 Å². The van der Waals surface area contributed by atoms with E-state index in [0.717, 1.165) is 0 Å². The number of benzene rings is 1. The van der Waals surface area contributed by atoms with Gasteiger partial charge in [0.05, 0.1) is 11.4 Å². The number of carbonyl (C=O) groups is 2. The Morgan fingerprint density at radius 2 is 2.05 bits per heavy atom. The van der Waals surface area contributed by atoms with Crippen LogP contribution in [0.1, 0.15) is 10.4 Å². The summed E-state index contributed by atoms with van der Waals surface area (Å²) in [6.07, 6.45) is 1.41. The number of hydrogen-bond acceptors (Lipinski definition) is 4. The third kappa shape index (κ3) is 2.45. The summed E-state index contributed by atoms with van der Waals surface area (Å²) in [4.78, 5) is 29.3.